The summed E-state index contributed by atoms with van der Waals surface area (Å²) in [6, 6.07) is 0.980. The lowest BCUT2D eigenvalue weighted by Crippen LogP contribution is -2.42. The van der Waals surface area contributed by atoms with E-state index in [9.17, 15) is 4.79 Å². The van der Waals surface area contributed by atoms with E-state index in [0.717, 1.165) is 6.54 Å². The SMILES string of the molecule is CC(O)CCC(=O)NCCN(C(C)C)C(C)C. The molecule has 0 aromatic carbocycles. The molecule has 0 bridgehead atoms. The third kappa shape index (κ3) is 8.16. The summed E-state index contributed by atoms with van der Waals surface area (Å²) in [6.45, 7) is 11.9. The van der Waals surface area contributed by atoms with Crippen LogP contribution in [0.5, 0.6) is 0 Å². The molecule has 1 unspecified atom stereocenters. The molecule has 4 nitrogen and oxygen atoms in total. The first-order valence-electron chi connectivity index (χ1n) is 6.55. The normalized spacial score (nSPS) is 13.5. The molecule has 4 heteroatoms. The summed E-state index contributed by atoms with van der Waals surface area (Å²) < 4.78 is 0. The van der Waals surface area contributed by atoms with Gasteiger partial charge in [0.1, 0.15) is 0 Å². The Labute approximate surface area is 105 Å². The van der Waals surface area contributed by atoms with Gasteiger partial charge in [-0.05, 0) is 41.0 Å². The number of aliphatic hydroxyl groups excluding tert-OH is 1. The highest BCUT2D eigenvalue weighted by atomic mass is 16.3. The summed E-state index contributed by atoms with van der Waals surface area (Å²) >= 11 is 0. The van der Waals surface area contributed by atoms with Crippen LogP contribution < -0.4 is 5.32 Å². The van der Waals surface area contributed by atoms with Gasteiger partial charge in [-0.1, -0.05) is 0 Å². The van der Waals surface area contributed by atoms with Crippen molar-refractivity contribution in [1.29, 1.82) is 0 Å². The second-order valence-corrected chi connectivity index (χ2v) is 5.16. The Bertz CT molecular complexity index is 207. The third-order valence-corrected chi connectivity index (χ3v) is 2.81. The standard InChI is InChI=1S/C13H28N2O2/c1-10(2)15(11(3)4)9-8-14-13(17)7-6-12(5)16/h10-12,16H,6-9H2,1-5H3,(H,14,17). The zero-order valence-corrected chi connectivity index (χ0v) is 11.9. The average Bonchev–Trinajstić information content (AvgIpc) is 2.20. The fraction of sp³-hybridized carbons (Fsp3) is 0.923. The van der Waals surface area contributed by atoms with Gasteiger partial charge in [0.15, 0.2) is 0 Å². The zero-order chi connectivity index (χ0) is 13.4. The largest absolute Gasteiger partial charge is 0.393 e. The molecule has 1 amide bonds. The van der Waals surface area contributed by atoms with Crippen LogP contribution in [0.15, 0.2) is 0 Å². The van der Waals surface area contributed by atoms with Crippen molar-refractivity contribution in [1.82, 2.24) is 10.2 Å². The molecule has 102 valence electrons. The lowest BCUT2D eigenvalue weighted by atomic mass is 10.2. The van der Waals surface area contributed by atoms with Crippen molar-refractivity contribution in [3.8, 4) is 0 Å². The minimum absolute atomic E-state index is 0.0263. The van der Waals surface area contributed by atoms with Gasteiger partial charge in [-0.15, -0.1) is 0 Å². The maximum absolute atomic E-state index is 11.4. The minimum atomic E-state index is -0.399. The van der Waals surface area contributed by atoms with Crippen molar-refractivity contribution in [3.63, 3.8) is 0 Å². The molecule has 0 aliphatic rings. The molecule has 0 aromatic heterocycles. The van der Waals surface area contributed by atoms with E-state index < -0.39 is 6.10 Å². The molecule has 0 fully saturated rings. The maximum Gasteiger partial charge on any atom is 0.220 e. The van der Waals surface area contributed by atoms with E-state index >= 15 is 0 Å². The van der Waals surface area contributed by atoms with Crippen molar-refractivity contribution in [2.24, 2.45) is 0 Å². The highest BCUT2D eigenvalue weighted by Crippen LogP contribution is 2.03. The van der Waals surface area contributed by atoms with Crippen LogP contribution in [0.3, 0.4) is 0 Å². The Hall–Kier alpha value is -0.610. The van der Waals surface area contributed by atoms with E-state index in [1.54, 1.807) is 6.92 Å². The van der Waals surface area contributed by atoms with Crippen molar-refractivity contribution in [2.75, 3.05) is 13.1 Å². The number of amides is 1. The fourth-order valence-corrected chi connectivity index (χ4v) is 1.87. The molecule has 0 rings (SSSR count). The summed E-state index contributed by atoms with van der Waals surface area (Å²) in [5.41, 5.74) is 0. The second kappa shape index (κ2) is 8.48. The third-order valence-electron chi connectivity index (χ3n) is 2.81. The predicted octanol–water partition coefficient (Wildman–Crippen LogP) is 1.38. The van der Waals surface area contributed by atoms with Gasteiger partial charge < -0.3 is 10.4 Å². The first kappa shape index (κ1) is 16.4. The molecule has 0 spiro atoms. The Balaban J connectivity index is 3.77. The number of rotatable bonds is 8. The monoisotopic (exact) mass is 244 g/mol. The highest BCUT2D eigenvalue weighted by Gasteiger charge is 2.13. The van der Waals surface area contributed by atoms with Gasteiger partial charge in [0.25, 0.3) is 0 Å². The van der Waals surface area contributed by atoms with Crippen LogP contribution in [0.2, 0.25) is 0 Å². The molecule has 0 aliphatic heterocycles. The smallest absolute Gasteiger partial charge is 0.220 e. The Morgan fingerprint density at radius 3 is 2.12 bits per heavy atom. The minimum Gasteiger partial charge on any atom is -0.393 e. The van der Waals surface area contributed by atoms with Crippen molar-refractivity contribution >= 4 is 5.91 Å². The lowest BCUT2D eigenvalue weighted by molar-refractivity contribution is -0.121. The van der Waals surface area contributed by atoms with E-state index in [1.165, 1.54) is 0 Å². The van der Waals surface area contributed by atoms with Gasteiger partial charge >= 0.3 is 0 Å². The molecule has 17 heavy (non-hydrogen) atoms. The first-order valence-corrected chi connectivity index (χ1v) is 6.55. The summed E-state index contributed by atoms with van der Waals surface area (Å²) in [5.74, 6) is 0.0263. The molecule has 0 aliphatic carbocycles. The zero-order valence-electron chi connectivity index (χ0n) is 11.9. The molecule has 1 atom stereocenters. The fourth-order valence-electron chi connectivity index (χ4n) is 1.87. The van der Waals surface area contributed by atoms with Crippen molar-refractivity contribution in [2.45, 2.75) is 65.6 Å². The number of nitrogens with one attached hydrogen (secondary N) is 1. The van der Waals surface area contributed by atoms with Crippen LogP contribution in [0.1, 0.15) is 47.5 Å². The molecular formula is C13H28N2O2. The second-order valence-electron chi connectivity index (χ2n) is 5.16. The van der Waals surface area contributed by atoms with E-state index in [-0.39, 0.29) is 5.91 Å². The topological polar surface area (TPSA) is 52.6 Å². The van der Waals surface area contributed by atoms with Crippen LogP contribution in [0.25, 0.3) is 0 Å². The van der Waals surface area contributed by atoms with Crippen LogP contribution in [0.4, 0.5) is 0 Å². The van der Waals surface area contributed by atoms with Crippen LogP contribution in [0, 0.1) is 0 Å². The Morgan fingerprint density at radius 1 is 1.18 bits per heavy atom. The number of carbonyl (C=O) groups excluding carboxylic acids is 1. The number of hydrogen-bond acceptors (Lipinski definition) is 3. The van der Waals surface area contributed by atoms with Crippen LogP contribution in [-0.2, 0) is 4.79 Å². The molecule has 0 heterocycles. The van der Waals surface area contributed by atoms with Crippen molar-refractivity contribution in [3.05, 3.63) is 0 Å². The average molecular weight is 244 g/mol. The van der Waals surface area contributed by atoms with E-state index in [0.29, 0.717) is 31.5 Å². The van der Waals surface area contributed by atoms with Gasteiger partial charge in [-0.2, -0.15) is 0 Å². The van der Waals surface area contributed by atoms with Gasteiger partial charge in [-0.25, -0.2) is 0 Å². The van der Waals surface area contributed by atoms with Gasteiger partial charge in [-0.3, -0.25) is 9.69 Å². The van der Waals surface area contributed by atoms with Gasteiger partial charge in [0.05, 0.1) is 6.10 Å². The molecule has 0 saturated carbocycles. The summed E-state index contributed by atoms with van der Waals surface area (Å²) in [5, 5.41) is 12.0. The van der Waals surface area contributed by atoms with Crippen molar-refractivity contribution < 1.29 is 9.90 Å². The number of nitrogens with zero attached hydrogens (tertiary/aromatic N) is 1. The summed E-state index contributed by atoms with van der Waals surface area (Å²) in [7, 11) is 0. The van der Waals surface area contributed by atoms with Crippen LogP contribution in [-0.4, -0.2) is 47.2 Å². The van der Waals surface area contributed by atoms with E-state index in [1.807, 2.05) is 0 Å². The van der Waals surface area contributed by atoms with Gasteiger partial charge in [0.2, 0.25) is 5.91 Å². The Kier molecular flexibility index (Phi) is 8.17. The maximum atomic E-state index is 11.4. The van der Waals surface area contributed by atoms with E-state index in [4.69, 9.17) is 5.11 Å². The van der Waals surface area contributed by atoms with Crippen LogP contribution >= 0.6 is 0 Å². The summed E-state index contributed by atoms with van der Waals surface area (Å²) in [6.07, 6.45) is 0.536. The number of carbonyl (C=O) groups is 1. The first-order chi connectivity index (χ1) is 7.84. The van der Waals surface area contributed by atoms with Gasteiger partial charge in [0, 0.05) is 31.6 Å². The Morgan fingerprint density at radius 2 is 1.71 bits per heavy atom. The molecule has 2 N–H and O–H groups in total. The lowest BCUT2D eigenvalue weighted by Gasteiger charge is -2.30. The quantitative estimate of drug-likeness (QED) is 0.678. The summed E-state index contributed by atoms with van der Waals surface area (Å²) in [4.78, 5) is 13.8. The predicted molar refractivity (Wildman–Crippen MR) is 70.9 cm³/mol. The number of aliphatic hydroxyl groups is 1. The molecule has 0 aromatic rings. The highest BCUT2D eigenvalue weighted by molar-refractivity contribution is 5.75. The number of hydrogen-bond donors (Lipinski definition) is 2. The van der Waals surface area contributed by atoms with E-state index in [2.05, 4.69) is 37.9 Å². The molecular weight excluding hydrogens is 216 g/mol. The molecule has 0 radical (unpaired) electrons. The molecule has 0 saturated heterocycles.